The molecule has 0 aliphatic carbocycles. The number of para-hydroxylation sites is 1. The van der Waals surface area contributed by atoms with Crippen molar-refractivity contribution in [3.8, 4) is 5.75 Å². The largest absolute Gasteiger partial charge is 0.493 e. The van der Waals surface area contributed by atoms with Gasteiger partial charge in [-0.3, -0.25) is 9.59 Å². The average Bonchev–Trinajstić information content (AvgIpc) is 2.56. The Hall–Kier alpha value is -1.59. The highest BCUT2D eigenvalue weighted by Gasteiger charge is 2.34. The Morgan fingerprint density at radius 1 is 1.39 bits per heavy atom. The van der Waals surface area contributed by atoms with E-state index in [4.69, 9.17) is 9.47 Å². The highest BCUT2D eigenvalue weighted by molar-refractivity contribution is 5.99. The molecule has 1 saturated heterocycles. The van der Waals surface area contributed by atoms with Gasteiger partial charge in [-0.2, -0.15) is 0 Å². The van der Waals surface area contributed by atoms with Crippen molar-refractivity contribution < 1.29 is 19.1 Å². The molecule has 2 aliphatic rings. The van der Waals surface area contributed by atoms with Crippen molar-refractivity contribution in [2.45, 2.75) is 12.8 Å². The number of carbonyl (C=O) groups is 2. The van der Waals surface area contributed by atoms with Crippen molar-refractivity contribution in [2.75, 3.05) is 33.4 Å². The van der Waals surface area contributed by atoms with E-state index in [0.29, 0.717) is 32.0 Å². The smallest absolute Gasteiger partial charge is 0.317 e. The van der Waals surface area contributed by atoms with Gasteiger partial charge in [0.25, 0.3) is 0 Å². The summed E-state index contributed by atoms with van der Waals surface area (Å²) in [5.74, 6) is 0.310. The molecule has 5 nitrogen and oxygen atoms in total. The van der Waals surface area contributed by atoms with Gasteiger partial charge in [0.15, 0.2) is 0 Å². The molecule has 6 heteroatoms. The molecule has 2 aliphatic heterocycles. The molecule has 3 rings (SSSR count). The van der Waals surface area contributed by atoms with Crippen LogP contribution in [0.5, 0.6) is 5.75 Å². The lowest BCUT2D eigenvalue weighted by atomic mass is 9.93. The molecular weight excluding hydrogens is 318 g/mol. The van der Waals surface area contributed by atoms with Crippen LogP contribution in [-0.4, -0.2) is 50.0 Å². The van der Waals surface area contributed by atoms with E-state index < -0.39 is 11.9 Å². The molecule has 1 aromatic rings. The summed E-state index contributed by atoms with van der Waals surface area (Å²) in [6, 6.07) is 8.10. The third-order valence-electron chi connectivity index (χ3n) is 4.46. The molecule has 126 valence electrons. The molecule has 0 amide bonds. The van der Waals surface area contributed by atoms with Gasteiger partial charge < -0.3 is 14.4 Å². The number of fused-ring (bicyclic) bond motifs is 1. The van der Waals surface area contributed by atoms with Crippen LogP contribution >= 0.6 is 12.4 Å². The van der Waals surface area contributed by atoms with Crippen LogP contribution in [0.4, 0.5) is 0 Å². The zero-order valence-electron chi connectivity index (χ0n) is 13.2. The lowest BCUT2D eigenvalue weighted by Gasteiger charge is -2.34. The summed E-state index contributed by atoms with van der Waals surface area (Å²) in [7, 11) is 1.33. The average molecular weight is 340 g/mol. The monoisotopic (exact) mass is 339 g/mol. The molecule has 0 spiro atoms. The van der Waals surface area contributed by atoms with Crippen molar-refractivity contribution in [1.29, 1.82) is 0 Å². The van der Waals surface area contributed by atoms with E-state index in [1.165, 1.54) is 12.7 Å². The fourth-order valence-electron chi connectivity index (χ4n) is 3.28. The molecule has 0 saturated carbocycles. The Labute approximate surface area is 142 Å². The SMILES string of the molecule is COC(=O)C1CN(CC2COc3ccccc3C2)CCC1=O.Cl. The number of esters is 1. The molecule has 1 fully saturated rings. The van der Waals surface area contributed by atoms with Crippen LogP contribution < -0.4 is 4.74 Å². The fraction of sp³-hybridized carbons (Fsp3) is 0.529. The minimum Gasteiger partial charge on any atom is -0.493 e. The number of hydrogen-bond acceptors (Lipinski definition) is 5. The highest BCUT2D eigenvalue weighted by atomic mass is 35.5. The number of rotatable bonds is 3. The molecule has 2 atom stereocenters. The zero-order valence-corrected chi connectivity index (χ0v) is 14.0. The van der Waals surface area contributed by atoms with Crippen LogP contribution in [0.15, 0.2) is 24.3 Å². The van der Waals surface area contributed by atoms with E-state index in [-0.39, 0.29) is 18.2 Å². The number of halogens is 1. The summed E-state index contributed by atoms with van der Waals surface area (Å²) in [6.07, 6.45) is 1.40. The Morgan fingerprint density at radius 2 is 2.17 bits per heavy atom. The van der Waals surface area contributed by atoms with Crippen LogP contribution in [0, 0.1) is 11.8 Å². The summed E-state index contributed by atoms with van der Waals surface area (Å²) in [6.45, 7) is 2.70. The molecule has 2 heterocycles. The molecule has 0 aromatic heterocycles. The second-order valence-corrected chi connectivity index (χ2v) is 6.04. The maximum absolute atomic E-state index is 11.8. The standard InChI is InChI=1S/C17H21NO4.ClH/c1-21-17(20)14-10-18(7-6-15(14)19)9-12-8-13-4-2-3-5-16(13)22-11-12;/h2-5,12,14H,6-11H2,1H3;1H. The topological polar surface area (TPSA) is 55.8 Å². The van der Waals surface area contributed by atoms with E-state index in [1.54, 1.807) is 0 Å². The van der Waals surface area contributed by atoms with Crippen molar-refractivity contribution in [1.82, 2.24) is 4.90 Å². The Bertz CT molecular complexity index is 569. The normalized spacial score (nSPS) is 24.1. The molecule has 0 bridgehead atoms. The predicted molar refractivity (Wildman–Crippen MR) is 87.9 cm³/mol. The molecule has 2 unspecified atom stereocenters. The van der Waals surface area contributed by atoms with Gasteiger partial charge >= 0.3 is 5.97 Å². The molecule has 23 heavy (non-hydrogen) atoms. The van der Waals surface area contributed by atoms with Gasteiger partial charge in [-0.05, 0) is 18.1 Å². The second kappa shape index (κ2) is 7.79. The number of Topliss-reactive ketones (excluding diaryl/α,β-unsaturated/α-hetero) is 1. The van der Waals surface area contributed by atoms with Gasteiger partial charge in [-0.15, -0.1) is 12.4 Å². The molecule has 0 N–H and O–H groups in total. The van der Waals surface area contributed by atoms with Gasteiger partial charge in [0.1, 0.15) is 17.5 Å². The van der Waals surface area contributed by atoms with Gasteiger partial charge in [-0.1, -0.05) is 18.2 Å². The molecule has 0 radical (unpaired) electrons. The quantitative estimate of drug-likeness (QED) is 0.620. The van der Waals surface area contributed by atoms with Crippen LogP contribution in [0.1, 0.15) is 12.0 Å². The summed E-state index contributed by atoms with van der Waals surface area (Å²) >= 11 is 0. The Balaban J connectivity index is 0.00000192. The number of methoxy groups -OCH3 is 1. The van der Waals surface area contributed by atoms with Crippen LogP contribution in [0.25, 0.3) is 0 Å². The van der Waals surface area contributed by atoms with E-state index in [9.17, 15) is 9.59 Å². The van der Waals surface area contributed by atoms with Gasteiger partial charge in [0, 0.05) is 32.0 Å². The van der Waals surface area contributed by atoms with Crippen molar-refractivity contribution in [3.05, 3.63) is 29.8 Å². The molecule has 1 aromatic carbocycles. The Kier molecular flexibility index (Phi) is 6.02. The third-order valence-corrected chi connectivity index (χ3v) is 4.46. The Morgan fingerprint density at radius 3 is 2.96 bits per heavy atom. The number of ether oxygens (including phenoxy) is 2. The lowest BCUT2D eigenvalue weighted by Crippen LogP contribution is -2.47. The highest BCUT2D eigenvalue weighted by Crippen LogP contribution is 2.28. The van der Waals surface area contributed by atoms with E-state index in [1.807, 2.05) is 18.2 Å². The van der Waals surface area contributed by atoms with Crippen LogP contribution in [0.3, 0.4) is 0 Å². The van der Waals surface area contributed by atoms with Crippen molar-refractivity contribution in [3.63, 3.8) is 0 Å². The third kappa shape index (κ3) is 4.03. The van der Waals surface area contributed by atoms with E-state index in [0.717, 1.165) is 18.7 Å². The number of likely N-dealkylation sites (tertiary alicyclic amines) is 1. The number of hydrogen-bond donors (Lipinski definition) is 0. The van der Waals surface area contributed by atoms with Crippen LogP contribution in [-0.2, 0) is 20.7 Å². The first-order chi connectivity index (χ1) is 10.7. The van der Waals surface area contributed by atoms with E-state index in [2.05, 4.69) is 11.0 Å². The first-order valence-electron chi connectivity index (χ1n) is 7.71. The fourth-order valence-corrected chi connectivity index (χ4v) is 3.28. The summed E-state index contributed by atoms with van der Waals surface area (Å²) < 4.78 is 10.5. The lowest BCUT2D eigenvalue weighted by molar-refractivity contribution is -0.152. The van der Waals surface area contributed by atoms with Crippen molar-refractivity contribution >= 4 is 24.2 Å². The van der Waals surface area contributed by atoms with Gasteiger partial charge in [0.05, 0.1) is 13.7 Å². The maximum atomic E-state index is 11.8. The number of ketones is 1. The second-order valence-electron chi connectivity index (χ2n) is 6.04. The number of benzene rings is 1. The van der Waals surface area contributed by atoms with Gasteiger partial charge in [0.2, 0.25) is 0 Å². The summed E-state index contributed by atoms with van der Waals surface area (Å²) in [5.41, 5.74) is 1.23. The van der Waals surface area contributed by atoms with Crippen molar-refractivity contribution in [2.24, 2.45) is 11.8 Å². The minimum absolute atomic E-state index is 0. The maximum Gasteiger partial charge on any atom is 0.317 e. The summed E-state index contributed by atoms with van der Waals surface area (Å²) in [4.78, 5) is 25.7. The predicted octanol–water partition coefficient (Wildman–Crippen LogP) is 1.72. The molecular formula is C17H22ClNO4. The first kappa shape index (κ1) is 17.8. The summed E-state index contributed by atoms with van der Waals surface area (Å²) in [5, 5.41) is 0. The van der Waals surface area contributed by atoms with Gasteiger partial charge in [-0.25, -0.2) is 0 Å². The van der Waals surface area contributed by atoms with Crippen LogP contribution in [0.2, 0.25) is 0 Å². The zero-order chi connectivity index (χ0) is 15.5. The number of nitrogens with zero attached hydrogens (tertiary/aromatic N) is 1. The number of carbonyl (C=O) groups excluding carboxylic acids is 2. The minimum atomic E-state index is -0.629. The van der Waals surface area contributed by atoms with E-state index >= 15 is 0 Å². The number of piperidine rings is 1. The first-order valence-corrected chi connectivity index (χ1v) is 7.71.